The highest BCUT2D eigenvalue weighted by Crippen LogP contribution is 2.26. The Bertz CT molecular complexity index is 613. The van der Waals surface area contributed by atoms with E-state index in [4.69, 9.17) is 16.9 Å². The molecular formula is C13H11BrClN3. The average molecular weight is 325 g/mol. The summed E-state index contributed by atoms with van der Waals surface area (Å²) in [4.78, 5) is 0. The van der Waals surface area contributed by atoms with Crippen LogP contribution in [0.25, 0.3) is 0 Å². The van der Waals surface area contributed by atoms with Gasteiger partial charge in [-0.05, 0) is 29.8 Å². The van der Waals surface area contributed by atoms with Crippen LogP contribution >= 0.6 is 27.5 Å². The maximum atomic E-state index is 8.87. The van der Waals surface area contributed by atoms with Crippen molar-refractivity contribution < 1.29 is 0 Å². The second-order valence-electron chi connectivity index (χ2n) is 3.93. The molecule has 0 aliphatic heterocycles. The van der Waals surface area contributed by atoms with E-state index in [-0.39, 0.29) is 0 Å². The fourth-order valence-electron chi connectivity index (χ4n) is 1.67. The van der Waals surface area contributed by atoms with E-state index in [9.17, 15) is 0 Å². The van der Waals surface area contributed by atoms with Gasteiger partial charge in [0, 0.05) is 24.3 Å². The van der Waals surface area contributed by atoms with Gasteiger partial charge in [0.2, 0.25) is 0 Å². The Morgan fingerprint density at radius 3 is 2.83 bits per heavy atom. The predicted molar refractivity (Wildman–Crippen MR) is 76.6 cm³/mol. The van der Waals surface area contributed by atoms with Crippen molar-refractivity contribution in [2.75, 3.05) is 5.32 Å². The largest absolute Gasteiger partial charge is 0.380 e. The van der Waals surface area contributed by atoms with Crippen LogP contribution in [0.5, 0.6) is 0 Å². The second-order valence-corrected chi connectivity index (χ2v) is 5.26. The molecule has 18 heavy (non-hydrogen) atoms. The first-order valence-corrected chi connectivity index (χ1v) is 6.51. The van der Waals surface area contributed by atoms with Crippen molar-refractivity contribution in [1.29, 1.82) is 5.26 Å². The number of hydrogen-bond acceptors (Lipinski definition) is 2. The van der Waals surface area contributed by atoms with Crippen LogP contribution in [0.1, 0.15) is 11.3 Å². The summed E-state index contributed by atoms with van der Waals surface area (Å²) in [5.41, 5.74) is 2.57. The minimum atomic E-state index is 0.636. The molecule has 0 atom stereocenters. The minimum Gasteiger partial charge on any atom is -0.380 e. The maximum Gasteiger partial charge on any atom is 0.120 e. The summed E-state index contributed by atoms with van der Waals surface area (Å²) in [6, 6.07) is 9.69. The van der Waals surface area contributed by atoms with E-state index in [1.165, 1.54) is 0 Å². The molecule has 1 N–H and O–H groups in total. The van der Waals surface area contributed by atoms with Crippen molar-refractivity contribution in [3.05, 3.63) is 51.2 Å². The van der Waals surface area contributed by atoms with Gasteiger partial charge in [-0.2, -0.15) is 5.26 Å². The number of nitriles is 1. The molecule has 0 amide bonds. The molecule has 2 rings (SSSR count). The SMILES string of the molecule is Cn1cc(CNc2ccc(Br)cc2Cl)cc1C#N. The van der Waals surface area contributed by atoms with Gasteiger partial charge < -0.3 is 9.88 Å². The molecule has 0 radical (unpaired) electrons. The van der Waals surface area contributed by atoms with Crippen molar-refractivity contribution in [3.63, 3.8) is 0 Å². The summed E-state index contributed by atoms with van der Waals surface area (Å²) in [5, 5.41) is 12.8. The van der Waals surface area contributed by atoms with Crippen molar-refractivity contribution in [2.45, 2.75) is 6.54 Å². The topological polar surface area (TPSA) is 40.8 Å². The second kappa shape index (κ2) is 5.47. The minimum absolute atomic E-state index is 0.636. The van der Waals surface area contributed by atoms with E-state index in [1.54, 1.807) is 4.57 Å². The van der Waals surface area contributed by atoms with Crippen LogP contribution in [0.3, 0.4) is 0 Å². The van der Waals surface area contributed by atoms with E-state index < -0.39 is 0 Å². The molecule has 0 unspecified atom stereocenters. The number of anilines is 1. The van der Waals surface area contributed by atoms with E-state index in [1.807, 2.05) is 37.5 Å². The van der Waals surface area contributed by atoms with E-state index in [0.29, 0.717) is 17.3 Å². The van der Waals surface area contributed by atoms with Gasteiger partial charge in [0.25, 0.3) is 0 Å². The zero-order valence-corrected chi connectivity index (χ0v) is 12.1. The van der Waals surface area contributed by atoms with Crippen LogP contribution < -0.4 is 5.32 Å². The van der Waals surface area contributed by atoms with Crippen LogP contribution in [0.2, 0.25) is 5.02 Å². The first kappa shape index (κ1) is 13.0. The van der Waals surface area contributed by atoms with E-state index in [2.05, 4.69) is 27.3 Å². The lowest BCUT2D eigenvalue weighted by Crippen LogP contribution is -1.98. The highest BCUT2D eigenvalue weighted by Gasteiger charge is 2.04. The first-order chi connectivity index (χ1) is 8.60. The molecular weight excluding hydrogens is 314 g/mol. The van der Waals surface area contributed by atoms with Gasteiger partial charge in [0.15, 0.2) is 0 Å². The molecule has 0 spiro atoms. The van der Waals surface area contributed by atoms with Crippen molar-refractivity contribution in [3.8, 4) is 6.07 Å². The van der Waals surface area contributed by atoms with Gasteiger partial charge in [0.1, 0.15) is 11.8 Å². The zero-order valence-electron chi connectivity index (χ0n) is 9.74. The molecule has 0 saturated carbocycles. The highest BCUT2D eigenvalue weighted by molar-refractivity contribution is 9.10. The zero-order chi connectivity index (χ0) is 13.1. The van der Waals surface area contributed by atoms with Crippen LogP contribution in [-0.2, 0) is 13.6 Å². The highest BCUT2D eigenvalue weighted by atomic mass is 79.9. The van der Waals surface area contributed by atoms with Crippen LogP contribution in [0, 0.1) is 11.3 Å². The molecule has 2 aromatic rings. The van der Waals surface area contributed by atoms with Crippen molar-refractivity contribution >= 4 is 33.2 Å². The smallest absolute Gasteiger partial charge is 0.120 e. The summed E-state index contributed by atoms with van der Waals surface area (Å²) in [6.45, 7) is 0.636. The van der Waals surface area contributed by atoms with E-state index in [0.717, 1.165) is 15.7 Å². The van der Waals surface area contributed by atoms with Gasteiger partial charge in [-0.1, -0.05) is 27.5 Å². The third-order valence-electron chi connectivity index (χ3n) is 2.59. The molecule has 5 heteroatoms. The molecule has 3 nitrogen and oxygen atoms in total. The average Bonchev–Trinajstić information content (AvgIpc) is 2.69. The Morgan fingerprint density at radius 2 is 2.22 bits per heavy atom. The number of aromatic nitrogens is 1. The standard InChI is InChI=1S/C13H11BrClN3/c1-18-8-9(4-11(18)6-16)7-17-13-3-2-10(14)5-12(13)15/h2-5,8,17H,7H2,1H3. The summed E-state index contributed by atoms with van der Waals surface area (Å²) in [7, 11) is 1.86. The monoisotopic (exact) mass is 323 g/mol. The lowest BCUT2D eigenvalue weighted by Gasteiger charge is -2.07. The van der Waals surface area contributed by atoms with Crippen LogP contribution in [0.15, 0.2) is 34.9 Å². The molecule has 0 aliphatic rings. The molecule has 1 aromatic carbocycles. The fraction of sp³-hybridized carbons (Fsp3) is 0.154. The lowest BCUT2D eigenvalue weighted by atomic mass is 10.3. The predicted octanol–water partition coefficient (Wildman–Crippen LogP) is 3.92. The number of aryl methyl sites for hydroxylation is 1. The number of halogens is 2. The lowest BCUT2D eigenvalue weighted by molar-refractivity contribution is 0.902. The fourth-order valence-corrected chi connectivity index (χ4v) is 2.41. The third kappa shape index (κ3) is 2.87. The first-order valence-electron chi connectivity index (χ1n) is 5.34. The summed E-state index contributed by atoms with van der Waals surface area (Å²) < 4.78 is 2.75. The van der Waals surface area contributed by atoms with Crippen LogP contribution in [0.4, 0.5) is 5.69 Å². The molecule has 92 valence electrons. The Balaban J connectivity index is 2.09. The maximum absolute atomic E-state index is 8.87. The number of nitrogens with one attached hydrogen (secondary N) is 1. The van der Waals surface area contributed by atoms with Crippen molar-refractivity contribution in [2.24, 2.45) is 7.05 Å². The Morgan fingerprint density at radius 1 is 1.44 bits per heavy atom. The third-order valence-corrected chi connectivity index (χ3v) is 3.40. The van der Waals surface area contributed by atoms with Gasteiger partial charge >= 0.3 is 0 Å². The summed E-state index contributed by atoms with van der Waals surface area (Å²) >= 11 is 9.47. The van der Waals surface area contributed by atoms with Gasteiger partial charge in [-0.15, -0.1) is 0 Å². The Labute approximate surface area is 119 Å². The summed E-state index contributed by atoms with van der Waals surface area (Å²) in [5.74, 6) is 0. The number of rotatable bonds is 3. The quantitative estimate of drug-likeness (QED) is 0.929. The van der Waals surface area contributed by atoms with Crippen LogP contribution in [-0.4, -0.2) is 4.57 Å². The van der Waals surface area contributed by atoms with Gasteiger partial charge in [0.05, 0.1) is 10.7 Å². The molecule has 1 aromatic heterocycles. The summed E-state index contributed by atoms with van der Waals surface area (Å²) in [6.07, 6.45) is 1.93. The molecule has 0 saturated heterocycles. The van der Waals surface area contributed by atoms with Gasteiger partial charge in [-0.3, -0.25) is 0 Å². The number of benzene rings is 1. The molecule has 0 fully saturated rings. The van der Waals surface area contributed by atoms with E-state index >= 15 is 0 Å². The molecule has 0 bridgehead atoms. The Kier molecular flexibility index (Phi) is 3.95. The number of nitrogens with zero attached hydrogens (tertiary/aromatic N) is 2. The normalized spacial score (nSPS) is 10.1. The van der Waals surface area contributed by atoms with Crippen molar-refractivity contribution in [1.82, 2.24) is 4.57 Å². The molecule has 1 heterocycles. The van der Waals surface area contributed by atoms with Gasteiger partial charge in [-0.25, -0.2) is 0 Å². The number of hydrogen-bond donors (Lipinski definition) is 1. The molecule has 0 aliphatic carbocycles. The Hall–Kier alpha value is -1.44.